The molecule has 2 radical (unpaired) electrons. The summed E-state index contributed by atoms with van der Waals surface area (Å²) in [6.45, 7) is 0. The number of para-hydroxylation sites is 1. The monoisotopic (exact) mass is 177 g/mol. The average molecular weight is 177 g/mol. The zero-order valence-corrected chi connectivity index (χ0v) is 6.68. The molecule has 2 N–H and O–H groups in total. The third-order valence-electron chi connectivity index (χ3n) is 1.42. The molecule has 0 aliphatic rings. The Morgan fingerprint density at radius 2 is 1.85 bits per heavy atom. The summed E-state index contributed by atoms with van der Waals surface area (Å²) in [5, 5.41) is 6.94. The van der Waals surface area contributed by atoms with Crippen molar-refractivity contribution in [1.82, 2.24) is 10.6 Å². The molecule has 13 heavy (non-hydrogen) atoms. The first-order chi connectivity index (χ1) is 6.29. The van der Waals surface area contributed by atoms with Gasteiger partial charge in [0.15, 0.2) is 0 Å². The first kappa shape index (κ1) is 9.05. The van der Waals surface area contributed by atoms with Crippen molar-refractivity contribution in [2.24, 2.45) is 0 Å². The molecule has 0 heterocycles. The molecule has 66 valence electrons. The normalized spacial score (nSPS) is 8.92. The summed E-state index contributed by atoms with van der Waals surface area (Å²) in [7, 11) is 0. The Kier molecular flexibility index (Phi) is 2.86. The molecule has 1 aromatic rings. The SMILES string of the molecule is Nc1cccc([N]C=O)c1[N]C=O. The van der Waals surface area contributed by atoms with Crippen LogP contribution < -0.4 is 16.4 Å². The summed E-state index contributed by atoms with van der Waals surface area (Å²) in [6, 6.07) is 4.75. The Labute approximate surface area is 74.9 Å². The summed E-state index contributed by atoms with van der Waals surface area (Å²) >= 11 is 0. The highest BCUT2D eigenvalue weighted by atomic mass is 16.1. The lowest BCUT2D eigenvalue weighted by Crippen LogP contribution is -2.03. The molecule has 2 amide bonds. The maximum absolute atomic E-state index is 10.1. The van der Waals surface area contributed by atoms with Crippen LogP contribution in [-0.2, 0) is 9.59 Å². The largest absolute Gasteiger partial charge is 0.397 e. The van der Waals surface area contributed by atoms with Crippen molar-refractivity contribution < 1.29 is 9.59 Å². The van der Waals surface area contributed by atoms with Gasteiger partial charge in [0.25, 0.3) is 0 Å². The van der Waals surface area contributed by atoms with Gasteiger partial charge in [-0.05, 0) is 12.1 Å². The van der Waals surface area contributed by atoms with Crippen molar-refractivity contribution >= 4 is 29.9 Å². The number of anilines is 1. The van der Waals surface area contributed by atoms with Gasteiger partial charge in [0, 0.05) is 0 Å². The third-order valence-corrected chi connectivity index (χ3v) is 1.42. The number of rotatable bonds is 4. The molecule has 0 saturated heterocycles. The first-order valence-corrected chi connectivity index (χ1v) is 3.47. The summed E-state index contributed by atoms with van der Waals surface area (Å²) in [5.41, 5.74) is 6.34. The topological polar surface area (TPSA) is 88.4 Å². The number of hydrogen-bond acceptors (Lipinski definition) is 3. The second-order valence-electron chi connectivity index (χ2n) is 2.18. The van der Waals surface area contributed by atoms with Crippen LogP contribution in [0.25, 0.3) is 0 Å². The molecule has 0 fully saturated rings. The molecule has 1 aromatic carbocycles. The van der Waals surface area contributed by atoms with Crippen LogP contribution in [0.4, 0.5) is 17.1 Å². The molecule has 0 atom stereocenters. The van der Waals surface area contributed by atoms with E-state index in [-0.39, 0.29) is 5.69 Å². The molecule has 5 nitrogen and oxygen atoms in total. The lowest BCUT2D eigenvalue weighted by atomic mass is 10.2. The smallest absolute Gasteiger partial charge is 0.233 e. The van der Waals surface area contributed by atoms with Gasteiger partial charge in [-0.15, -0.1) is 0 Å². The van der Waals surface area contributed by atoms with E-state index >= 15 is 0 Å². The minimum atomic E-state index is 0.226. The van der Waals surface area contributed by atoms with Crippen molar-refractivity contribution in [1.29, 1.82) is 0 Å². The van der Waals surface area contributed by atoms with Crippen LogP contribution in [0.5, 0.6) is 0 Å². The van der Waals surface area contributed by atoms with Gasteiger partial charge in [-0.2, -0.15) is 0 Å². The Bertz CT molecular complexity index is 325. The maximum atomic E-state index is 10.1. The number of nitrogen functional groups attached to an aromatic ring is 1. The number of hydrogen-bond donors (Lipinski definition) is 1. The van der Waals surface area contributed by atoms with Crippen molar-refractivity contribution in [3.8, 4) is 0 Å². The third kappa shape index (κ3) is 1.96. The van der Waals surface area contributed by atoms with Gasteiger partial charge in [-0.1, -0.05) is 6.07 Å². The van der Waals surface area contributed by atoms with E-state index in [4.69, 9.17) is 5.73 Å². The highest BCUT2D eigenvalue weighted by Crippen LogP contribution is 2.27. The van der Waals surface area contributed by atoms with E-state index in [2.05, 4.69) is 10.6 Å². The van der Waals surface area contributed by atoms with Crippen LogP contribution in [0.2, 0.25) is 0 Å². The lowest BCUT2D eigenvalue weighted by Gasteiger charge is -2.04. The van der Waals surface area contributed by atoms with E-state index in [9.17, 15) is 9.59 Å². The second kappa shape index (κ2) is 4.10. The van der Waals surface area contributed by atoms with Gasteiger partial charge < -0.3 is 5.73 Å². The lowest BCUT2D eigenvalue weighted by molar-refractivity contribution is -0.109. The van der Waals surface area contributed by atoms with Gasteiger partial charge in [0.2, 0.25) is 12.8 Å². The molecular formula is C8H7N3O2. The molecular weight excluding hydrogens is 170 g/mol. The molecule has 0 unspecified atom stereocenters. The van der Waals surface area contributed by atoms with E-state index in [1.54, 1.807) is 18.2 Å². The molecule has 0 aliphatic heterocycles. The van der Waals surface area contributed by atoms with Crippen molar-refractivity contribution in [3.63, 3.8) is 0 Å². The number of nitrogens with two attached hydrogens (primary N) is 1. The van der Waals surface area contributed by atoms with Crippen molar-refractivity contribution in [3.05, 3.63) is 18.2 Å². The molecule has 0 spiro atoms. The number of nitrogens with zero attached hydrogens (tertiary/aromatic N) is 2. The molecule has 0 bridgehead atoms. The average Bonchev–Trinajstić information content (AvgIpc) is 2.11. The van der Waals surface area contributed by atoms with Crippen LogP contribution in [0, 0.1) is 0 Å². The predicted octanol–water partition coefficient (Wildman–Crippen LogP) is 0.0534. The van der Waals surface area contributed by atoms with Crippen LogP contribution in [0.3, 0.4) is 0 Å². The number of benzene rings is 1. The Morgan fingerprint density at radius 3 is 2.46 bits per heavy atom. The van der Waals surface area contributed by atoms with Crippen LogP contribution >= 0.6 is 0 Å². The summed E-state index contributed by atoms with van der Waals surface area (Å²) in [5.74, 6) is 0. The van der Waals surface area contributed by atoms with E-state index in [1.165, 1.54) is 0 Å². The van der Waals surface area contributed by atoms with Crippen LogP contribution in [0.15, 0.2) is 18.2 Å². The quantitative estimate of drug-likeness (QED) is 0.520. The standard InChI is InChI=1S/C8H7N3O2/c9-6-2-1-3-7(10-4-12)8(6)11-5-13/h1-5H,9H2. The first-order valence-electron chi connectivity index (χ1n) is 3.47. The molecule has 1 rings (SSSR count). The number of carbonyl (C=O) groups excluding carboxylic acids is 2. The zero-order valence-electron chi connectivity index (χ0n) is 6.68. The zero-order chi connectivity index (χ0) is 9.68. The molecule has 0 saturated carbocycles. The predicted molar refractivity (Wildman–Crippen MR) is 46.6 cm³/mol. The Hall–Kier alpha value is -2.04. The van der Waals surface area contributed by atoms with Crippen molar-refractivity contribution in [2.75, 3.05) is 5.73 Å². The molecule has 0 aromatic heterocycles. The number of amides is 2. The minimum absolute atomic E-state index is 0.226. The van der Waals surface area contributed by atoms with Gasteiger partial charge in [0.1, 0.15) is 5.69 Å². The Balaban J connectivity index is 3.08. The second-order valence-corrected chi connectivity index (χ2v) is 2.18. The highest BCUT2D eigenvalue weighted by molar-refractivity contribution is 5.82. The Morgan fingerprint density at radius 1 is 1.15 bits per heavy atom. The number of carbonyl (C=O) groups is 2. The van der Waals surface area contributed by atoms with E-state index < -0.39 is 0 Å². The summed E-state index contributed by atoms with van der Waals surface area (Å²) in [4.78, 5) is 20.2. The fraction of sp³-hybridized carbons (Fsp3) is 0. The van der Waals surface area contributed by atoms with Crippen molar-refractivity contribution in [2.45, 2.75) is 0 Å². The van der Waals surface area contributed by atoms with E-state index in [1.807, 2.05) is 0 Å². The van der Waals surface area contributed by atoms with Crippen LogP contribution in [0.1, 0.15) is 0 Å². The minimum Gasteiger partial charge on any atom is -0.397 e. The van der Waals surface area contributed by atoms with E-state index in [0.717, 1.165) is 0 Å². The highest BCUT2D eigenvalue weighted by Gasteiger charge is 2.06. The van der Waals surface area contributed by atoms with Gasteiger partial charge >= 0.3 is 0 Å². The fourth-order valence-corrected chi connectivity index (χ4v) is 0.903. The van der Waals surface area contributed by atoms with Gasteiger partial charge in [-0.25, -0.2) is 10.6 Å². The summed E-state index contributed by atoms with van der Waals surface area (Å²) < 4.78 is 0. The molecule has 5 heteroatoms. The van der Waals surface area contributed by atoms with Crippen LogP contribution in [-0.4, -0.2) is 12.8 Å². The van der Waals surface area contributed by atoms with Gasteiger partial charge in [0.05, 0.1) is 11.4 Å². The van der Waals surface area contributed by atoms with E-state index in [0.29, 0.717) is 24.2 Å². The van der Waals surface area contributed by atoms with Gasteiger partial charge in [-0.3, -0.25) is 9.59 Å². The summed E-state index contributed by atoms with van der Waals surface area (Å²) in [6.07, 6.45) is 0.730. The molecule has 0 aliphatic carbocycles. The fourth-order valence-electron chi connectivity index (χ4n) is 0.903. The maximum Gasteiger partial charge on any atom is 0.233 e.